The van der Waals surface area contributed by atoms with Gasteiger partial charge in [0.2, 0.25) is 0 Å². The van der Waals surface area contributed by atoms with Crippen LogP contribution in [0.2, 0.25) is 0 Å². The molecule has 2 N–H and O–H groups in total. The second-order valence-electron chi connectivity index (χ2n) is 4.85. The quantitative estimate of drug-likeness (QED) is 0.873. The fourth-order valence-corrected chi connectivity index (χ4v) is 2.10. The monoisotopic (exact) mass is 259 g/mol. The Labute approximate surface area is 112 Å². The van der Waals surface area contributed by atoms with Gasteiger partial charge in [0.15, 0.2) is 0 Å². The van der Waals surface area contributed by atoms with Gasteiger partial charge in [-0.25, -0.2) is 4.39 Å². The van der Waals surface area contributed by atoms with Crippen LogP contribution in [0.3, 0.4) is 0 Å². The second kappa shape index (κ2) is 5.74. The molecule has 0 amide bonds. The molecule has 0 aliphatic carbocycles. The summed E-state index contributed by atoms with van der Waals surface area (Å²) in [5.74, 6) is 0.0341. The zero-order valence-electron chi connectivity index (χ0n) is 11.2. The van der Waals surface area contributed by atoms with E-state index < -0.39 is 0 Å². The van der Waals surface area contributed by atoms with Gasteiger partial charge in [-0.1, -0.05) is 24.3 Å². The van der Waals surface area contributed by atoms with E-state index in [0.29, 0.717) is 5.69 Å². The summed E-state index contributed by atoms with van der Waals surface area (Å²) >= 11 is 0. The molecule has 0 fully saturated rings. The van der Waals surface area contributed by atoms with Gasteiger partial charge in [0.1, 0.15) is 11.6 Å². The molecule has 2 rings (SSSR count). The van der Waals surface area contributed by atoms with Gasteiger partial charge in [-0.05, 0) is 49.6 Å². The number of rotatable bonds is 4. The standard InChI is InChI=1S/C16H18FNO/c1-11-4-3-5-15(17)16(11)18-12(2)10-13-6-8-14(19)9-7-13/h3-9,12,18-19H,10H2,1-2H3. The first kappa shape index (κ1) is 13.4. The molecule has 1 unspecified atom stereocenters. The van der Waals surface area contributed by atoms with E-state index in [2.05, 4.69) is 5.32 Å². The SMILES string of the molecule is Cc1cccc(F)c1NC(C)Cc1ccc(O)cc1. The predicted octanol–water partition coefficient (Wildman–Crippen LogP) is 3.88. The highest BCUT2D eigenvalue weighted by Crippen LogP contribution is 2.20. The lowest BCUT2D eigenvalue weighted by Crippen LogP contribution is -2.19. The van der Waals surface area contributed by atoms with Gasteiger partial charge >= 0.3 is 0 Å². The van der Waals surface area contributed by atoms with Gasteiger partial charge in [0.25, 0.3) is 0 Å². The van der Waals surface area contributed by atoms with E-state index in [0.717, 1.165) is 17.5 Å². The van der Waals surface area contributed by atoms with Crippen LogP contribution in [-0.2, 0) is 6.42 Å². The van der Waals surface area contributed by atoms with Crippen molar-refractivity contribution in [3.8, 4) is 5.75 Å². The van der Waals surface area contributed by atoms with Crippen molar-refractivity contribution >= 4 is 5.69 Å². The maximum Gasteiger partial charge on any atom is 0.146 e. The molecule has 2 aromatic carbocycles. The Morgan fingerprint density at radius 1 is 1.16 bits per heavy atom. The van der Waals surface area contributed by atoms with Crippen molar-refractivity contribution in [2.75, 3.05) is 5.32 Å². The fraction of sp³-hybridized carbons (Fsp3) is 0.250. The largest absolute Gasteiger partial charge is 0.508 e. The van der Waals surface area contributed by atoms with E-state index in [1.54, 1.807) is 18.2 Å². The van der Waals surface area contributed by atoms with Crippen molar-refractivity contribution in [3.63, 3.8) is 0 Å². The number of hydrogen-bond donors (Lipinski definition) is 2. The van der Waals surface area contributed by atoms with Gasteiger partial charge in [-0.2, -0.15) is 0 Å². The van der Waals surface area contributed by atoms with Crippen LogP contribution >= 0.6 is 0 Å². The highest BCUT2D eigenvalue weighted by Gasteiger charge is 2.09. The molecule has 100 valence electrons. The summed E-state index contributed by atoms with van der Waals surface area (Å²) in [6.45, 7) is 3.90. The summed E-state index contributed by atoms with van der Waals surface area (Å²) < 4.78 is 13.7. The smallest absolute Gasteiger partial charge is 0.146 e. The molecule has 0 saturated heterocycles. The van der Waals surface area contributed by atoms with E-state index in [1.807, 2.05) is 32.0 Å². The van der Waals surface area contributed by atoms with Gasteiger partial charge in [0.05, 0.1) is 5.69 Å². The van der Waals surface area contributed by atoms with Gasteiger partial charge in [0, 0.05) is 6.04 Å². The van der Waals surface area contributed by atoms with Gasteiger partial charge in [-0.3, -0.25) is 0 Å². The van der Waals surface area contributed by atoms with E-state index in [1.165, 1.54) is 6.07 Å². The second-order valence-corrected chi connectivity index (χ2v) is 4.85. The molecule has 2 nitrogen and oxygen atoms in total. The topological polar surface area (TPSA) is 32.3 Å². The molecular weight excluding hydrogens is 241 g/mol. The van der Waals surface area contributed by atoms with Gasteiger partial charge < -0.3 is 10.4 Å². The Morgan fingerprint density at radius 2 is 1.84 bits per heavy atom. The predicted molar refractivity (Wildman–Crippen MR) is 76.0 cm³/mol. The number of phenols is 1. The van der Waals surface area contributed by atoms with E-state index >= 15 is 0 Å². The number of hydrogen-bond acceptors (Lipinski definition) is 2. The third-order valence-corrected chi connectivity index (χ3v) is 3.09. The van der Waals surface area contributed by atoms with E-state index in [4.69, 9.17) is 0 Å². The molecule has 1 atom stereocenters. The number of anilines is 1. The zero-order chi connectivity index (χ0) is 13.8. The highest BCUT2D eigenvalue weighted by atomic mass is 19.1. The molecule has 0 spiro atoms. The summed E-state index contributed by atoms with van der Waals surface area (Å²) in [6, 6.07) is 12.2. The molecule has 0 aromatic heterocycles. The van der Waals surface area contributed by atoms with Crippen LogP contribution in [0, 0.1) is 12.7 Å². The molecule has 0 aliphatic rings. The van der Waals surface area contributed by atoms with Crippen molar-refractivity contribution < 1.29 is 9.50 Å². The third-order valence-electron chi connectivity index (χ3n) is 3.09. The summed E-state index contributed by atoms with van der Waals surface area (Å²) in [5, 5.41) is 12.4. The van der Waals surface area contributed by atoms with Crippen LogP contribution in [0.1, 0.15) is 18.1 Å². The van der Waals surface area contributed by atoms with Crippen LogP contribution in [0.5, 0.6) is 5.75 Å². The van der Waals surface area contributed by atoms with E-state index in [-0.39, 0.29) is 17.6 Å². The lowest BCUT2D eigenvalue weighted by molar-refractivity contribution is 0.475. The molecule has 0 saturated carbocycles. The Bertz CT molecular complexity index is 531. The Morgan fingerprint density at radius 3 is 2.47 bits per heavy atom. The van der Waals surface area contributed by atoms with Crippen molar-refractivity contribution in [1.82, 2.24) is 0 Å². The highest BCUT2D eigenvalue weighted by molar-refractivity contribution is 5.52. The first-order chi connectivity index (χ1) is 9.06. The number of aryl methyl sites for hydroxylation is 1. The van der Waals surface area contributed by atoms with Crippen molar-refractivity contribution in [1.29, 1.82) is 0 Å². The lowest BCUT2D eigenvalue weighted by Gasteiger charge is -2.17. The number of para-hydroxylation sites is 1. The van der Waals surface area contributed by atoms with Crippen LogP contribution in [-0.4, -0.2) is 11.1 Å². The maximum absolute atomic E-state index is 13.7. The number of aromatic hydroxyl groups is 1. The minimum absolute atomic E-state index is 0.111. The van der Waals surface area contributed by atoms with Crippen molar-refractivity contribution in [2.45, 2.75) is 26.3 Å². The molecule has 2 aromatic rings. The summed E-state index contributed by atoms with van der Waals surface area (Å²) in [6.07, 6.45) is 0.772. The molecule has 0 radical (unpaired) electrons. The normalized spacial score (nSPS) is 12.2. The van der Waals surface area contributed by atoms with Gasteiger partial charge in [-0.15, -0.1) is 0 Å². The number of nitrogens with one attached hydrogen (secondary N) is 1. The molecular formula is C16H18FNO. The molecule has 3 heteroatoms. The average Bonchev–Trinajstić information content (AvgIpc) is 2.37. The Hall–Kier alpha value is -2.03. The number of benzene rings is 2. The molecule has 19 heavy (non-hydrogen) atoms. The number of phenolic OH excluding ortho intramolecular Hbond substituents is 1. The van der Waals surface area contributed by atoms with E-state index in [9.17, 15) is 9.50 Å². The summed E-state index contributed by atoms with van der Waals surface area (Å²) in [7, 11) is 0. The summed E-state index contributed by atoms with van der Waals surface area (Å²) in [4.78, 5) is 0. The average molecular weight is 259 g/mol. The summed E-state index contributed by atoms with van der Waals surface area (Å²) in [5.41, 5.74) is 2.57. The zero-order valence-corrected chi connectivity index (χ0v) is 11.2. The first-order valence-electron chi connectivity index (χ1n) is 6.36. The van der Waals surface area contributed by atoms with Crippen LogP contribution in [0.25, 0.3) is 0 Å². The fourth-order valence-electron chi connectivity index (χ4n) is 2.10. The lowest BCUT2D eigenvalue weighted by atomic mass is 10.1. The maximum atomic E-state index is 13.7. The van der Waals surface area contributed by atoms with Crippen molar-refractivity contribution in [2.24, 2.45) is 0 Å². The molecule has 0 aliphatic heterocycles. The molecule has 0 heterocycles. The molecule has 0 bridgehead atoms. The third kappa shape index (κ3) is 3.47. The Kier molecular flexibility index (Phi) is 4.05. The van der Waals surface area contributed by atoms with Crippen LogP contribution in [0.4, 0.5) is 10.1 Å². The number of halogens is 1. The minimum Gasteiger partial charge on any atom is -0.508 e. The Balaban J connectivity index is 2.05. The van der Waals surface area contributed by atoms with Crippen LogP contribution in [0.15, 0.2) is 42.5 Å². The minimum atomic E-state index is -0.224. The van der Waals surface area contributed by atoms with Crippen molar-refractivity contribution in [3.05, 3.63) is 59.4 Å². The van der Waals surface area contributed by atoms with Crippen LogP contribution < -0.4 is 5.32 Å². The first-order valence-corrected chi connectivity index (χ1v) is 6.36.